The van der Waals surface area contributed by atoms with Crippen LogP contribution in [0, 0.1) is 5.82 Å². The van der Waals surface area contributed by atoms with Crippen molar-refractivity contribution in [2.24, 2.45) is 5.73 Å². The molecule has 1 aromatic carbocycles. The molecule has 0 heterocycles. The molecule has 1 atom stereocenters. The highest BCUT2D eigenvalue weighted by Gasteiger charge is 2.11. The number of carbonyl (C=O) groups excluding carboxylic acids is 1. The minimum Gasteiger partial charge on any atom is -0.321 e. The average molecular weight is 181 g/mol. The van der Waals surface area contributed by atoms with Gasteiger partial charge in [-0.3, -0.25) is 4.79 Å². The van der Waals surface area contributed by atoms with E-state index in [0.29, 0.717) is 5.56 Å². The zero-order valence-corrected chi connectivity index (χ0v) is 7.46. The fourth-order valence-electron chi connectivity index (χ4n) is 1.04. The first-order valence-electron chi connectivity index (χ1n) is 4.10. The van der Waals surface area contributed by atoms with E-state index in [1.165, 1.54) is 13.0 Å². The summed E-state index contributed by atoms with van der Waals surface area (Å²) in [6, 6.07) is 5.74. The van der Waals surface area contributed by atoms with Crippen molar-refractivity contribution < 1.29 is 9.18 Å². The lowest BCUT2D eigenvalue weighted by Gasteiger charge is -2.07. The van der Waals surface area contributed by atoms with Gasteiger partial charge in [-0.1, -0.05) is 18.2 Å². The van der Waals surface area contributed by atoms with E-state index < -0.39 is 6.04 Å². The van der Waals surface area contributed by atoms with Gasteiger partial charge >= 0.3 is 0 Å². The number of halogens is 1. The van der Waals surface area contributed by atoms with Gasteiger partial charge in [0.25, 0.3) is 0 Å². The van der Waals surface area contributed by atoms with Crippen LogP contribution in [0.5, 0.6) is 0 Å². The largest absolute Gasteiger partial charge is 0.321 e. The Morgan fingerprint density at radius 2 is 2.15 bits per heavy atom. The topological polar surface area (TPSA) is 43.1 Å². The molecule has 13 heavy (non-hydrogen) atoms. The summed E-state index contributed by atoms with van der Waals surface area (Å²) in [6.07, 6.45) is 0.266. The molecule has 0 aliphatic carbocycles. The van der Waals surface area contributed by atoms with E-state index in [9.17, 15) is 9.18 Å². The van der Waals surface area contributed by atoms with E-state index in [0.717, 1.165) is 0 Å². The van der Waals surface area contributed by atoms with Crippen molar-refractivity contribution in [2.75, 3.05) is 0 Å². The first-order chi connectivity index (χ1) is 6.11. The molecule has 2 nitrogen and oxygen atoms in total. The Bertz CT molecular complexity index is 312. The van der Waals surface area contributed by atoms with E-state index >= 15 is 0 Å². The maximum atomic E-state index is 13.0. The lowest BCUT2D eigenvalue weighted by Crippen LogP contribution is -2.30. The normalized spacial score (nSPS) is 12.5. The minimum absolute atomic E-state index is 0.122. The molecule has 0 bridgehead atoms. The van der Waals surface area contributed by atoms with Gasteiger partial charge in [-0.2, -0.15) is 0 Å². The Morgan fingerprint density at radius 3 is 2.69 bits per heavy atom. The fraction of sp³-hybridized carbons (Fsp3) is 0.300. The van der Waals surface area contributed by atoms with E-state index in [1.807, 2.05) is 0 Å². The smallest absolute Gasteiger partial charge is 0.146 e. The second-order valence-corrected chi connectivity index (χ2v) is 3.01. The highest BCUT2D eigenvalue weighted by Crippen LogP contribution is 2.08. The van der Waals surface area contributed by atoms with Crippen LogP contribution in [0.1, 0.15) is 12.5 Å². The van der Waals surface area contributed by atoms with Crippen molar-refractivity contribution in [2.45, 2.75) is 19.4 Å². The molecule has 0 saturated carbocycles. The first kappa shape index (κ1) is 9.86. The molecule has 0 radical (unpaired) electrons. The molecule has 0 amide bonds. The van der Waals surface area contributed by atoms with Crippen LogP contribution >= 0.6 is 0 Å². The standard InChI is InChI=1S/C10H12FNO/c1-7(13)10(12)6-8-4-2-3-5-9(8)11/h2-5,10H,6,12H2,1H3. The summed E-state index contributed by atoms with van der Waals surface area (Å²) in [5.74, 6) is -0.428. The van der Waals surface area contributed by atoms with Crippen LogP contribution in [0.3, 0.4) is 0 Å². The Hall–Kier alpha value is -1.22. The SMILES string of the molecule is CC(=O)C(N)Cc1ccccc1F. The lowest BCUT2D eigenvalue weighted by atomic mass is 10.0. The van der Waals surface area contributed by atoms with Crippen molar-refractivity contribution in [1.82, 2.24) is 0 Å². The van der Waals surface area contributed by atoms with Gasteiger partial charge in [0.2, 0.25) is 0 Å². The molecule has 1 rings (SSSR count). The number of hydrogen-bond donors (Lipinski definition) is 1. The fourth-order valence-corrected chi connectivity index (χ4v) is 1.04. The summed E-state index contributed by atoms with van der Waals surface area (Å²) >= 11 is 0. The predicted octanol–water partition coefficient (Wildman–Crippen LogP) is 1.28. The number of ketones is 1. The highest BCUT2D eigenvalue weighted by atomic mass is 19.1. The third kappa shape index (κ3) is 2.63. The second kappa shape index (κ2) is 4.14. The van der Waals surface area contributed by atoms with Crippen LogP contribution in [0.15, 0.2) is 24.3 Å². The van der Waals surface area contributed by atoms with Crippen LogP contribution in [0.2, 0.25) is 0 Å². The van der Waals surface area contributed by atoms with Gasteiger partial charge in [0.1, 0.15) is 11.6 Å². The van der Waals surface area contributed by atoms with Crippen molar-refractivity contribution in [3.8, 4) is 0 Å². The van der Waals surface area contributed by atoms with Gasteiger partial charge in [0.05, 0.1) is 6.04 Å². The van der Waals surface area contributed by atoms with Crippen LogP contribution in [-0.2, 0) is 11.2 Å². The summed E-state index contributed by atoms with van der Waals surface area (Å²) < 4.78 is 13.0. The van der Waals surface area contributed by atoms with Crippen molar-refractivity contribution >= 4 is 5.78 Å². The quantitative estimate of drug-likeness (QED) is 0.763. The lowest BCUT2D eigenvalue weighted by molar-refractivity contribution is -0.118. The molecule has 0 aromatic heterocycles. The van der Waals surface area contributed by atoms with Gasteiger partial charge in [-0.15, -0.1) is 0 Å². The molecule has 0 saturated heterocycles. The van der Waals surface area contributed by atoms with Crippen LogP contribution in [-0.4, -0.2) is 11.8 Å². The Balaban J connectivity index is 2.74. The van der Waals surface area contributed by atoms with Gasteiger partial charge in [-0.05, 0) is 25.0 Å². The molecule has 0 aliphatic heterocycles. The molecular weight excluding hydrogens is 169 g/mol. The summed E-state index contributed by atoms with van der Waals surface area (Å²) in [4.78, 5) is 10.8. The van der Waals surface area contributed by atoms with Gasteiger partial charge in [0.15, 0.2) is 0 Å². The molecule has 0 fully saturated rings. The van der Waals surface area contributed by atoms with Gasteiger partial charge in [-0.25, -0.2) is 4.39 Å². The summed E-state index contributed by atoms with van der Waals surface area (Å²) in [5, 5.41) is 0. The van der Waals surface area contributed by atoms with E-state index in [4.69, 9.17) is 5.73 Å². The molecule has 0 spiro atoms. The first-order valence-corrected chi connectivity index (χ1v) is 4.10. The van der Waals surface area contributed by atoms with Gasteiger partial charge in [0, 0.05) is 0 Å². The molecule has 70 valence electrons. The number of benzene rings is 1. The number of rotatable bonds is 3. The molecule has 3 heteroatoms. The zero-order valence-electron chi connectivity index (χ0n) is 7.46. The number of carbonyl (C=O) groups is 1. The second-order valence-electron chi connectivity index (χ2n) is 3.01. The van der Waals surface area contributed by atoms with Crippen molar-refractivity contribution in [1.29, 1.82) is 0 Å². The van der Waals surface area contributed by atoms with E-state index in [-0.39, 0.29) is 18.0 Å². The van der Waals surface area contributed by atoms with Crippen molar-refractivity contribution in [3.05, 3.63) is 35.6 Å². The van der Waals surface area contributed by atoms with Gasteiger partial charge < -0.3 is 5.73 Å². The molecule has 1 aromatic rings. The van der Waals surface area contributed by atoms with Crippen LogP contribution in [0.4, 0.5) is 4.39 Å². The maximum absolute atomic E-state index is 13.0. The third-order valence-electron chi connectivity index (χ3n) is 1.92. The summed E-state index contributed by atoms with van der Waals surface area (Å²) in [5.41, 5.74) is 5.99. The molecule has 2 N–H and O–H groups in total. The maximum Gasteiger partial charge on any atom is 0.146 e. The monoisotopic (exact) mass is 181 g/mol. The Kier molecular flexibility index (Phi) is 3.14. The average Bonchev–Trinajstić information content (AvgIpc) is 2.08. The zero-order chi connectivity index (χ0) is 9.84. The van der Waals surface area contributed by atoms with Crippen LogP contribution < -0.4 is 5.73 Å². The molecule has 1 unspecified atom stereocenters. The molecular formula is C10H12FNO. The Morgan fingerprint density at radius 1 is 1.54 bits per heavy atom. The highest BCUT2D eigenvalue weighted by molar-refractivity contribution is 5.81. The third-order valence-corrected chi connectivity index (χ3v) is 1.92. The van der Waals surface area contributed by atoms with E-state index in [1.54, 1.807) is 18.2 Å². The van der Waals surface area contributed by atoms with Crippen LogP contribution in [0.25, 0.3) is 0 Å². The minimum atomic E-state index is -0.600. The predicted molar refractivity (Wildman–Crippen MR) is 48.8 cm³/mol. The van der Waals surface area contributed by atoms with Crippen molar-refractivity contribution in [3.63, 3.8) is 0 Å². The number of hydrogen-bond acceptors (Lipinski definition) is 2. The summed E-state index contributed by atoms with van der Waals surface area (Å²) in [7, 11) is 0. The summed E-state index contributed by atoms with van der Waals surface area (Å²) in [6.45, 7) is 1.41. The Labute approximate surface area is 76.6 Å². The molecule has 0 aliphatic rings. The number of Topliss-reactive ketones (excluding diaryl/α,β-unsaturated/α-hetero) is 1. The number of nitrogens with two attached hydrogens (primary N) is 1. The van der Waals surface area contributed by atoms with E-state index in [2.05, 4.69) is 0 Å².